The second kappa shape index (κ2) is 22.2. The van der Waals surface area contributed by atoms with Crippen molar-refractivity contribution >= 4 is 65.0 Å². The zero-order chi connectivity index (χ0) is 47.8. The predicted octanol–water partition coefficient (Wildman–Crippen LogP) is 8.53. The fourth-order valence-electron chi connectivity index (χ4n) is 10.4. The summed E-state index contributed by atoms with van der Waals surface area (Å²) in [6, 6.07) is 17.3. The molecule has 2 atom stereocenters. The van der Waals surface area contributed by atoms with Crippen LogP contribution in [0.25, 0.3) is 5.57 Å². The predicted molar refractivity (Wildman–Crippen MR) is 262 cm³/mol. The maximum absolute atomic E-state index is 16.1. The molecule has 4 aliphatic heterocycles. The molecule has 0 radical (unpaired) electrons. The van der Waals surface area contributed by atoms with E-state index < -0.39 is 29.6 Å². The number of likely N-dealkylation sites (tertiary alicyclic amines) is 2. The summed E-state index contributed by atoms with van der Waals surface area (Å²) in [5.74, 6) is -4.29. The summed E-state index contributed by atoms with van der Waals surface area (Å²) in [5, 5.41) is 2.58. The molecule has 8 rings (SSSR count). The number of amidine groups is 1. The van der Waals surface area contributed by atoms with Crippen LogP contribution < -0.4 is 20.9 Å². The van der Waals surface area contributed by atoms with Gasteiger partial charge in [0.15, 0.2) is 0 Å². The molecule has 2 unspecified atom stereocenters. The number of nitrogens with two attached hydrogens (primary N) is 1. The van der Waals surface area contributed by atoms with Gasteiger partial charge in [-0.1, -0.05) is 61.2 Å². The van der Waals surface area contributed by atoms with Crippen LogP contribution in [0, 0.1) is 11.7 Å². The third kappa shape index (κ3) is 11.7. The zero-order valence-electron chi connectivity index (χ0n) is 38.8. The molecule has 3 aromatic rings. The van der Waals surface area contributed by atoms with Crippen LogP contribution in [0.2, 0.25) is 5.02 Å². The first kappa shape index (κ1) is 49.6. The van der Waals surface area contributed by atoms with Gasteiger partial charge in [-0.05, 0) is 125 Å². The summed E-state index contributed by atoms with van der Waals surface area (Å²) in [6.07, 6.45) is 12.5. The Morgan fingerprint density at radius 3 is 2.27 bits per heavy atom. The quantitative estimate of drug-likeness (QED) is 0.0992. The van der Waals surface area contributed by atoms with Gasteiger partial charge in [0.25, 0.3) is 5.92 Å². The zero-order valence-corrected chi connectivity index (χ0v) is 39.5. The van der Waals surface area contributed by atoms with E-state index in [-0.39, 0.29) is 36.4 Å². The van der Waals surface area contributed by atoms with Gasteiger partial charge in [-0.2, -0.15) is 0 Å². The highest BCUT2D eigenvalue weighted by molar-refractivity contribution is 6.30. The lowest BCUT2D eigenvalue weighted by Gasteiger charge is -2.41. The average Bonchev–Trinajstić information content (AvgIpc) is 3.65. The lowest BCUT2D eigenvalue weighted by molar-refractivity contribution is -0.134. The molecule has 3 N–H and O–H groups in total. The number of carbonyl (C=O) groups is 3. The molecule has 3 aromatic carbocycles. The number of nitrogens with one attached hydrogen (secondary N) is 1. The van der Waals surface area contributed by atoms with Gasteiger partial charge in [0.2, 0.25) is 18.2 Å². The Labute approximate surface area is 397 Å². The summed E-state index contributed by atoms with van der Waals surface area (Å²) in [4.78, 5) is 55.4. The van der Waals surface area contributed by atoms with Crippen LogP contribution in [0.4, 0.5) is 30.2 Å². The molecule has 1 saturated carbocycles. The molecule has 0 aromatic heterocycles. The van der Waals surface area contributed by atoms with Crippen LogP contribution in [0.3, 0.4) is 0 Å². The maximum Gasteiger partial charge on any atom is 0.267 e. The number of hydrogen-bond donors (Lipinski definition) is 2. The first-order chi connectivity index (χ1) is 32.3. The van der Waals surface area contributed by atoms with Crippen LogP contribution in [0.5, 0.6) is 0 Å². The van der Waals surface area contributed by atoms with E-state index in [1.165, 1.54) is 36.1 Å². The van der Waals surface area contributed by atoms with Crippen LogP contribution in [0.1, 0.15) is 86.8 Å². The third-order valence-electron chi connectivity index (χ3n) is 13.7. The summed E-state index contributed by atoms with van der Waals surface area (Å²) < 4.78 is 46.5. The molecule has 4 fully saturated rings. The molecular weight excluding hydrogens is 879 g/mol. The lowest BCUT2D eigenvalue weighted by Crippen LogP contribution is -2.52. The van der Waals surface area contributed by atoms with Crippen LogP contribution in [-0.2, 0) is 20.9 Å². The molecule has 5 aliphatic rings. The Hall–Kier alpha value is -5.35. The standard InChI is InChI=1S/C50H58ClF3N8O3.CH5N/c1-55-27-41-42(30-61(40-7-5-4-6-8-40)48(41)56-39-25-37(51)24-38(52)26-39)35-11-9-33(10-12-35)28-59-20-17-34(18-21-59)29-60-22-19-43(50(53,54)31-60)36-13-14-44(46(23-36)58(2)3)62(32-63)45-15-16-47(64)57-49(45)65;1-2/h9-14,23-27,30,32,34,40,43,45H,1,4-8,15-22,28-29,31H2,2-3H3,(H,57,64,65);2H2,1H3/b41-27-,56-48?;. The molecule has 358 valence electrons. The number of imide groups is 1. The number of aliphatic imine (C=N–C) groups is 2. The summed E-state index contributed by atoms with van der Waals surface area (Å²) in [6.45, 7) is 7.19. The van der Waals surface area contributed by atoms with Crippen molar-refractivity contribution in [2.45, 2.75) is 94.7 Å². The largest absolute Gasteiger partial charge is 0.376 e. The molecule has 0 bridgehead atoms. The van der Waals surface area contributed by atoms with E-state index in [0.29, 0.717) is 60.3 Å². The van der Waals surface area contributed by atoms with Crippen molar-refractivity contribution in [3.8, 4) is 0 Å². The third-order valence-corrected chi connectivity index (χ3v) is 13.9. The minimum absolute atomic E-state index is 0.111. The second-order valence-electron chi connectivity index (χ2n) is 18.4. The molecular formula is C51H63ClF3N9O3. The highest BCUT2D eigenvalue weighted by Crippen LogP contribution is 2.44. The number of carbonyl (C=O) groups excluding carboxylic acids is 3. The first-order valence-electron chi connectivity index (χ1n) is 23.4. The Balaban J connectivity index is 0.00000329. The van der Waals surface area contributed by atoms with Gasteiger partial charge in [0.1, 0.15) is 17.7 Å². The Morgan fingerprint density at radius 1 is 0.910 bits per heavy atom. The maximum atomic E-state index is 16.1. The molecule has 0 spiro atoms. The second-order valence-corrected chi connectivity index (χ2v) is 18.8. The first-order valence-corrected chi connectivity index (χ1v) is 23.8. The fourth-order valence-corrected chi connectivity index (χ4v) is 10.6. The normalized spacial score (nSPS) is 23.1. The lowest BCUT2D eigenvalue weighted by atomic mass is 9.84. The molecule has 3 amide bonds. The molecule has 4 heterocycles. The van der Waals surface area contributed by atoms with Crippen molar-refractivity contribution in [2.75, 3.05) is 63.7 Å². The number of nitrogens with zero attached hydrogens (tertiary/aromatic N) is 7. The minimum atomic E-state index is -2.96. The number of rotatable bonds is 13. The number of amides is 3. The molecule has 12 nitrogen and oxygen atoms in total. The van der Waals surface area contributed by atoms with Gasteiger partial charge < -0.3 is 20.4 Å². The van der Waals surface area contributed by atoms with E-state index in [1.807, 2.05) is 4.90 Å². The number of anilines is 2. The van der Waals surface area contributed by atoms with Crippen molar-refractivity contribution < 1.29 is 27.6 Å². The Morgan fingerprint density at radius 2 is 1.63 bits per heavy atom. The Kier molecular flexibility index (Phi) is 16.4. The number of benzene rings is 3. The van der Waals surface area contributed by atoms with Crippen LogP contribution in [-0.4, -0.2) is 117 Å². The fraction of sp³-hybridized carbons (Fsp3) is 0.471. The number of piperidine rings is 3. The van der Waals surface area contributed by atoms with Gasteiger partial charge in [-0.3, -0.25) is 34.5 Å². The number of alkyl halides is 2. The molecule has 3 saturated heterocycles. The summed E-state index contributed by atoms with van der Waals surface area (Å²) >= 11 is 6.22. The van der Waals surface area contributed by atoms with Gasteiger partial charge in [0.05, 0.1) is 29.5 Å². The van der Waals surface area contributed by atoms with E-state index in [4.69, 9.17) is 16.6 Å². The highest BCUT2D eigenvalue weighted by Gasteiger charge is 2.46. The van der Waals surface area contributed by atoms with E-state index in [2.05, 4.69) is 63.0 Å². The number of halogens is 4. The molecule has 67 heavy (non-hydrogen) atoms. The SMILES string of the molecule is C=N/C=C1/C(c2ccc(CN3CCC(CN4CCC(c5ccc(N(C=O)C6CCC(=O)NC6=O)c(N(C)C)c5)C(F)(F)C4)CC3)cc2)=CN(C2CCCCC2)C1=Nc1cc(F)cc(Cl)c1.CN. The smallest absolute Gasteiger partial charge is 0.267 e. The van der Waals surface area contributed by atoms with Gasteiger partial charge in [0, 0.05) is 68.2 Å². The highest BCUT2D eigenvalue weighted by atomic mass is 35.5. The van der Waals surface area contributed by atoms with E-state index in [9.17, 15) is 18.8 Å². The molecule has 16 heteroatoms. The van der Waals surface area contributed by atoms with E-state index in [1.54, 1.807) is 49.5 Å². The van der Waals surface area contributed by atoms with Crippen molar-refractivity contribution in [3.63, 3.8) is 0 Å². The van der Waals surface area contributed by atoms with Crippen molar-refractivity contribution in [2.24, 2.45) is 21.6 Å². The Bertz CT molecular complexity index is 2340. The minimum Gasteiger partial charge on any atom is -0.376 e. The topological polar surface area (TPSA) is 130 Å². The van der Waals surface area contributed by atoms with Crippen molar-refractivity contribution in [3.05, 3.63) is 106 Å². The van der Waals surface area contributed by atoms with E-state index in [0.717, 1.165) is 74.9 Å². The van der Waals surface area contributed by atoms with E-state index >= 15 is 8.78 Å². The van der Waals surface area contributed by atoms with Gasteiger partial charge in [-0.25, -0.2) is 18.2 Å². The van der Waals surface area contributed by atoms with Gasteiger partial charge in [-0.15, -0.1) is 0 Å². The monoisotopic (exact) mass is 941 g/mol. The van der Waals surface area contributed by atoms with Gasteiger partial charge >= 0.3 is 0 Å². The summed E-state index contributed by atoms with van der Waals surface area (Å²) in [7, 11) is 5.05. The van der Waals surface area contributed by atoms with Crippen LogP contribution >= 0.6 is 11.6 Å². The molecule has 1 aliphatic carbocycles. The van der Waals surface area contributed by atoms with Crippen LogP contribution in [0.15, 0.2) is 88.6 Å². The van der Waals surface area contributed by atoms with Crippen molar-refractivity contribution in [1.29, 1.82) is 0 Å². The van der Waals surface area contributed by atoms with Crippen molar-refractivity contribution in [1.82, 2.24) is 20.0 Å². The summed E-state index contributed by atoms with van der Waals surface area (Å²) in [5.41, 5.74) is 10.4. The number of hydrogen-bond acceptors (Lipinski definition) is 9. The average molecular weight is 943 g/mol.